The van der Waals surface area contributed by atoms with Gasteiger partial charge in [0.15, 0.2) is 0 Å². The maximum Gasteiger partial charge on any atom is 0.0920 e. The zero-order valence-corrected chi connectivity index (χ0v) is 9.45. The van der Waals surface area contributed by atoms with Gasteiger partial charge in [-0.2, -0.15) is 0 Å². The maximum atomic E-state index is 9.32. The van der Waals surface area contributed by atoms with Gasteiger partial charge in [0.25, 0.3) is 0 Å². The van der Waals surface area contributed by atoms with E-state index in [4.69, 9.17) is 4.74 Å². The molecule has 4 heteroatoms. The Kier molecular flexibility index (Phi) is 9.29. The van der Waals surface area contributed by atoms with Gasteiger partial charge in [-0.05, 0) is 18.8 Å². The second-order valence-electron chi connectivity index (χ2n) is 3.82. The summed E-state index contributed by atoms with van der Waals surface area (Å²) in [4.78, 5) is 4.61. The molecule has 0 saturated heterocycles. The molecule has 0 aromatic heterocycles. The Bertz CT molecular complexity index is 120. The highest BCUT2D eigenvalue weighted by molar-refractivity contribution is 4.53. The lowest BCUT2D eigenvalue weighted by Crippen LogP contribution is -2.29. The molecule has 0 saturated carbocycles. The van der Waals surface area contributed by atoms with Crippen molar-refractivity contribution in [3.8, 4) is 0 Å². The van der Waals surface area contributed by atoms with Gasteiger partial charge >= 0.3 is 0 Å². The van der Waals surface area contributed by atoms with Crippen molar-refractivity contribution in [1.29, 1.82) is 0 Å². The number of hydrogen-bond donors (Lipinski definition) is 2. The number of aliphatic hydroxyl groups is 1. The van der Waals surface area contributed by atoms with Crippen LogP contribution in [0.5, 0.6) is 0 Å². The van der Waals surface area contributed by atoms with Gasteiger partial charge in [0, 0.05) is 13.2 Å². The Hall–Kier alpha value is -0.160. The molecule has 0 fully saturated rings. The average molecular weight is 205 g/mol. The Morgan fingerprint density at radius 2 is 2.07 bits per heavy atom. The van der Waals surface area contributed by atoms with Crippen molar-refractivity contribution in [2.75, 3.05) is 26.9 Å². The first-order chi connectivity index (χ1) is 6.66. The van der Waals surface area contributed by atoms with E-state index < -0.39 is 6.10 Å². The average Bonchev–Trinajstić information content (AvgIpc) is 2.13. The number of hydrogen-bond acceptors (Lipinski definition) is 4. The van der Waals surface area contributed by atoms with Gasteiger partial charge in [0.1, 0.15) is 0 Å². The number of aliphatic hydroxyl groups excluding tert-OH is 1. The summed E-state index contributed by atoms with van der Waals surface area (Å²) >= 11 is 0. The molecular formula is C10H23NO3. The molecule has 0 rings (SSSR count). The highest BCUT2D eigenvalue weighted by atomic mass is 16.6. The Morgan fingerprint density at radius 3 is 2.64 bits per heavy atom. The molecule has 0 bridgehead atoms. The summed E-state index contributed by atoms with van der Waals surface area (Å²) in [7, 11) is 1.52. The van der Waals surface area contributed by atoms with Crippen LogP contribution in [-0.4, -0.2) is 38.1 Å². The van der Waals surface area contributed by atoms with Gasteiger partial charge in [-0.3, -0.25) is 0 Å². The minimum atomic E-state index is -0.492. The summed E-state index contributed by atoms with van der Waals surface area (Å²) in [6, 6.07) is 0. The predicted octanol–water partition coefficient (Wildman–Crippen LogP) is 0.951. The maximum absolute atomic E-state index is 9.32. The van der Waals surface area contributed by atoms with Crippen LogP contribution in [0.3, 0.4) is 0 Å². The lowest BCUT2D eigenvalue weighted by molar-refractivity contribution is 0.00109. The molecule has 14 heavy (non-hydrogen) atoms. The van der Waals surface area contributed by atoms with Crippen molar-refractivity contribution >= 4 is 0 Å². The van der Waals surface area contributed by atoms with Crippen molar-refractivity contribution in [1.82, 2.24) is 5.48 Å². The van der Waals surface area contributed by atoms with Crippen LogP contribution in [0.4, 0.5) is 0 Å². The molecule has 0 aromatic carbocycles. The van der Waals surface area contributed by atoms with Crippen LogP contribution < -0.4 is 5.48 Å². The van der Waals surface area contributed by atoms with Gasteiger partial charge in [-0.1, -0.05) is 13.8 Å². The van der Waals surface area contributed by atoms with Crippen LogP contribution in [0.25, 0.3) is 0 Å². The minimum Gasteiger partial charge on any atom is -0.389 e. The molecule has 0 aliphatic carbocycles. The number of rotatable bonds is 9. The largest absolute Gasteiger partial charge is 0.389 e. The summed E-state index contributed by atoms with van der Waals surface area (Å²) in [6.07, 6.45) is 1.74. The van der Waals surface area contributed by atoms with Crippen LogP contribution in [0, 0.1) is 5.92 Å². The molecule has 0 heterocycles. The molecular weight excluding hydrogens is 182 g/mol. The molecule has 0 spiro atoms. The number of ether oxygens (including phenoxy) is 1. The topological polar surface area (TPSA) is 50.7 Å². The Balaban J connectivity index is 3.10. The summed E-state index contributed by atoms with van der Waals surface area (Å²) in [5.74, 6) is 0.721. The van der Waals surface area contributed by atoms with E-state index in [1.54, 1.807) is 0 Å². The van der Waals surface area contributed by atoms with Crippen molar-refractivity contribution in [2.45, 2.75) is 32.8 Å². The summed E-state index contributed by atoms with van der Waals surface area (Å²) in [5, 5.41) is 9.32. The third-order valence-electron chi connectivity index (χ3n) is 1.84. The van der Waals surface area contributed by atoms with Gasteiger partial charge in [0.2, 0.25) is 0 Å². The summed E-state index contributed by atoms with van der Waals surface area (Å²) in [6.45, 7) is 5.88. The number of nitrogens with one attached hydrogen (secondary N) is 1. The van der Waals surface area contributed by atoms with Gasteiger partial charge < -0.3 is 14.7 Å². The Morgan fingerprint density at radius 1 is 1.36 bits per heavy atom. The van der Waals surface area contributed by atoms with E-state index in [1.807, 2.05) is 0 Å². The standard InChI is InChI=1S/C10H23NO3/c1-9(2)5-4-6-14-8-10(12)7-11-13-3/h9-12H,4-8H2,1-3H3. The van der Waals surface area contributed by atoms with E-state index in [0.717, 1.165) is 18.9 Å². The molecule has 2 N–H and O–H groups in total. The first kappa shape index (κ1) is 13.8. The van der Waals surface area contributed by atoms with E-state index in [0.29, 0.717) is 13.2 Å². The third kappa shape index (κ3) is 9.92. The quantitative estimate of drug-likeness (QED) is 0.435. The fourth-order valence-electron chi connectivity index (χ4n) is 1.05. The fourth-order valence-corrected chi connectivity index (χ4v) is 1.05. The molecule has 1 unspecified atom stereocenters. The van der Waals surface area contributed by atoms with E-state index in [1.165, 1.54) is 13.5 Å². The third-order valence-corrected chi connectivity index (χ3v) is 1.84. The molecule has 0 aromatic rings. The van der Waals surface area contributed by atoms with Crippen molar-refractivity contribution in [2.24, 2.45) is 5.92 Å². The zero-order valence-electron chi connectivity index (χ0n) is 9.45. The van der Waals surface area contributed by atoms with Crippen molar-refractivity contribution < 1.29 is 14.7 Å². The second-order valence-corrected chi connectivity index (χ2v) is 3.82. The van der Waals surface area contributed by atoms with E-state index in [-0.39, 0.29) is 0 Å². The molecule has 0 radical (unpaired) electrons. The SMILES string of the molecule is CONCC(O)COCCCC(C)C. The molecule has 86 valence electrons. The highest BCUT2D eigenvalue weighted by Crippen LogP contribution is 2.03. The summed E-state index contributed by atoms with van der Waals surface area (Å²) < 4.78 is 5.30. The fraction of sp³-hybridized carbons (Fsp3) is 1.00. The second kappa shape index (κ2) is 9.40. The lowest BCUT2D eigenvalue weighted by Gasteiger charge is -2.11. The molecule has 0 aliphatic heterocycles. The van der Waals surface area contributed by atoms with E-state index >= 15 is 0 Å². The van der Waals surface area contributed by atoms with Gasteiger partial charge in [-0.25, -0.2) is 5.48 Å². The first-order valence-electron chi connectivity index (χ1n) is 5.18. The Labute approximate surface area is 86.5 Å². The van der Waals surface area contributed by atoms with Crippen LogP contribution in [0.2, 0.25) is 0 Å². The monoisotopic (exact) mass is 205 g/mol. The number of hydroxylamine groups is 1. The lowest BCUT2D eigenvalue weighted by atomic mass is 10.1. The van der Waals surface area contributed by atoms with Gasteiger partial charge in [-0.15, -0.1) is 0 Å². The molecule has 4 nitrogen and oxygen atoms in total. The van der Waals surface area contributed by atoms with Crippen molar-refractivity contribution in [3.63, 3.8) is 0 Å². The van der Waals surface area contributed by atoms with Crippen LogP contribution in [0.15, 0.2) is 0 Å². The van der Waals surface area contributed by atoms with E-state index in [9.17, 15) is 5.11 Å². The van der Waals surface area contributed by atoms with Crippen molar-refractivity contribution in [3.05, 3.63) is 0 Å². The zero-order chi connectivity index (χ0) is 10.8. The smallest absolute Gasteiger partial charge is 0.0920 e. The first-order valence-corrected chi connectivity index (χ1v) is 5.18. The normalized spacial score (nSPS) is 13.5. The van der Waals surface area contributed by atoms with Gasteiger partial charge in [0.05, 0.1) is 19.8 Å². The molecule has 0 aliphatic rings. The predicted molar refractivity (Wildman–Crippen MR) is 55.9 cm³/mol. The molecule has 1 atom stereocenters. The van der Waals surface area contributed by atoms with Crippen LogP contribution in [-0.2, 0) is 9.57 Å². The van der Waals surface area contributed by atoms with Crippen LogP contribution >= 0.6 is 0 Å². The highest BCUT2D eigenvalue weighted by Gasteiger charge is 2.03. The molecule has 0 amide bonds. The minimum absolute atomic E-state index is 0.369. The summed E-state index contributed by atoms with van der Waals surface area (Å²) in [5.41, 5.74) is 2.58. The van der Waals surface area contributed by atoms with E-state index in [2.05, 4.69) is 24.2 Å². The van der Waals surface area contributed by atoms with Crippen LogP contribution in [0.1, 0.15) is 26.7 Å².